The van der Waals surface area contributed by atoms with Gasteiger partial charge in [0, 0.05) is 18.2 Å². The van der Waals surface area contributed by atoms with Gasteiger partial charge in [-0.3, -0.25) is 4.79 Å². The second-order valence-electron chi connectivity index (χ2n) is 4.42. The number of carbonyl (C=O) groups is 2. The number of nitriles is 2. The van der Waals surface area contributed by atoms with Crippen molar-refractivity contribution in [1.82, 2.24) is 5.32 Å². The van der Waals surface area contributed by atoms with E-state index in [0.29, 0.717) is 12.1 Å². The number of benzene rings is 1. The zero-order valence-corrected chi connectivity index (χ0v) is 11.4. The summed E-state index contributed by atoms with van der Waals surface area (Å²) in [6.07, 6.45) is 0.288. The minimum absolute atomic E-state index is 0.0309. The lowest BCUT2D eigenvalue weighted by molar-refractivity contribution is -0.137. The third-order valence-electron chi connectivity index (χ3n) is 2.69. The van der Waals surface area contributed by atoms with Gasteiger partial charge < -0.3 is 15.7 Å². The molecule has 0 bridgehead atoms. The van der Waals surface area contributed by atoms with Crippen LogP contribution >= 0.6 is 0 Å². The number of carboxylic acid groups (broad SMARTS) is 1. The summed E-state index contributed by atoms with van der Waals surface area (Å²) in [4.78, 5) is 22.1. The van der Waals surface area contributed by atoms with Gasteiger partial charge in [0.25, 0.3) is 0 Å². The van der Waals surface area contributed by atoms with E-state index in [1.165, 1.54) is 18.2 Å². The maximum absolute atomic E-state index is 11.7. The van der Waals surface area contributed by atoms with Crippen LogP contribution in [0.4, 0.5) is 10.5 Å². The quantitative estimate of drug-likeness (QED) is 0.760. The van der Waals surface area contributed by atoms with Crippen molar-refractivity contribution in [2.75, 3.05) is 5.32 Å². The molecule has 0 radical (unpaired) electrons. The molecule has 2 amide bonds. The number of aliphatic carboxylic acids is 1. The van der Waals surface area contributed by atoms with Crippen molar-refractivity contribution < 1.29 is 14.7 Å². The molecule has 1 rings (SSSR count). The van der Waals surface area contributed by atoms with Crippen molar-refractivity contribution in [3.8, 4) is 12.1 Å². The lowest BCUT2D eigenvalue weighted by atomic mass is 10.1. The van der Waals surface area contributed by atoms with Gasteiger partial charge in [0.15, 0.2) is 0 Å². The molecular formula is C14H14N4O3. The molecule has 3 N–H and O–H groups in total. The molecule has 7 heteroatoms. The van der Waals surface area contributed by atoms with E-state index in [1.54, 1.807) is 6.92 Å². The first kappa shape index (κ1) is 16.0. The molecule has 1 unspecified atom stereocenters. The van der Waals surface area contributed by atoms with E-state index >= 15 is 0 Å². The van der Waals surface area contributed by atoms with E-state index in [1.807, 2.05) is 12.1 Å². The molecule has 0 fully saturated rings. The summed E-state index contributed by atoms with van der Waals surface area (Å²) in [5, 5.41) is 31.4. The van der Waals surface area contributed by atoms with Crippen LogP contribution in [-0.2, 0) is 4.79 Å². The van der Waals surface area contributed by atoms with Crippen molar-refractivity contribution in [1.29, 1.82) is 10.5 Å². The van der Waals surface area contributed by atoms with Crippen LogP contribution in [0.1, 0.15) is 30.9 Å². The normalized spacial score (nSPS) is 10.8. The Hall–Kier alpha value is -3.06. The topological polar surface area (TPSA) is 126 Å². The van der Waals surface area contributed by atoms with E-state index in [4.69, 9.17) is 15.6 Å². The maximum atomic E-state index is 11.7. The summed E-state index contributed by atoms with van der Waals surface area (Å²) in [7, 11) is 0. The minimum atomic E-state index is -0.921. The lowest BCUT2D eigenvalue weighted by Gasteiger charge is -2.13. The van der Waals surface area contributed by atoms with E-state index in [-0.39, 0.29) is 23.6 Å². The molecule has 0 spiro atoms. The zero-order chi connectivity index (χ0) is 15.8. The zero-order valence-electron chi connectivity index (χ0n) is 11.4. The molecule has 0 aliphatic carbocycles. The van der Waals surface area contributed by atoms with Gasteiger partial charge >= 0.3 is 12.0 Å². The molecule has 0 saturated heterocycles. The maximum Gasteiger partial charge on any atom is 0.319 e. The second-order valence-corrected chi connectivity index (χ2v) is 4.42. The molecule has 21 heavy (non-hydrogen) atoms. The number of carboxylic acids is 1. The van der Waals surface area contributed by atoms with Gasteiger partial charge in [-0.2, -0.15) is 10.5 Å². The fraction of sp³-hybridized carbons (Fsp3) is 0.286. The highest BCUT2D eigenvalue weighted by molar-refractivity contribution is 5.89. The Kier molecular flexibility index (Phi) is 5.72. The second kappa shape index (κ2) is 7.51. The number of hydrogen-bond donors (Lipinski definition) is 3. The van der Waals surface area contributed by atoms with Gasteiger partial charge in [-0.05, 0) is 31.5 Å². The molecule has 0 aromatic heterocycles. The van der Waals surface area contributed by atoms with Gasteiger partial charge in [-0.1, -0.05) is 0 Å². The summed E-state index contributed by atoms with van der Waals surface area (Å²) < 4.78 is 0. The van der Waals surface area contributed by atoms with Gasteiger partial charge in [-0.25, -0.2) is 4.79 Å². The van der Waals surface area contributed by atoms with Crippen LogP contribution in [0.3, 0.4) is 0 Å². The molecule has 0 aliphatic heterocycles. The SMILES string of the molecule is CC(CCC(=O)O)NC(=O)Nc1ccc(C#N)c(C#N)c1. The Morgan fingerprint density at radius 2 is 1.95 bits per heavy atom. The summed E-state index contributed by atoms with van der Waals surface area (Å²) in [6.45, 7) is 1.70. The Morgan fingerprint density at radius 3 is 2.52 bits per heavy atom. The number of amides is 2. The van der Waals surface area contributed by atoms with Crippen molar-refractivity contribution in [3.05, 3.63) is 29.3 Å². The highest BCUT2D eigenvalue weighted by Crippen LogP contribution is 2.14. The lowest BCUT2D eigenvalue weighted by Crippen LogP contribution is -2.36. The van der Waals surface area contributed by atoms with Crippen LogP contribution in [0.5, 0.6) is 0 Å². The summed E-state index contributed by atoms with van der Waals surface area (Å²) in [5.74, 6) is -0.921. The van der Waals surface area contributed by atoms with Gasteiger partial charge in [0.05, 0.1) is 11.1 Å². The van der Waals surface area contributed by atoms with Crippen molar-refractivity contribution >= 4 is 17.7 Å². The fourth-order valence-corrected chi connectivity index (χ4v) is 1.62. The van der Waals surface area contributed by atoms with Crippen LogP contribution in [0, 0.1) is 22.7 Å². The van der Waals surface area contributed by atoms with E-state index in [9.17, 15) is 9.59 Å². The summed E-state index contributed by atoms with van der Waals surface area (Å²) in [6, 6.07) is 7.32. The molecule has 0 aliphatic rings. The molecular weight excluding hydrogens is 272 g/mol. The average Bonchev–Trinajstić information content (AvgIpc) is 2.44. The van der Waals surface area contributed by atoms with Crippen LogP contribution in [0.25, 0.3) is 0 Å². The summed E-state index contributed by atoms with van der Waals surface area (Å²) >= 11 is 0. The van der Waals surface area contributed by atoms with Crippen molar-refractivity contribution in [3.63, 3.8) is 0 Å². The van der Waals surface area contributed by atoms with Crippen LogP contribution in [-0.4, -0.2) is 23.1 Å². The Balaban J connectivity index is 2.61. The Bertz CT molecular complexity index is 628. The number of urea groups is 1. The molecule has 0 saturated carbocycles. The highest BCUT2D eigenvalue weighted by atomic mass is 16.4. The predicted octanol–water partition coefficient (Wildman–Crippen LogP) is 1.80. The largest absolute Gasteiger partial charge is 0.481 e. The Labute approximate surface area is 121 Å². The average molecular weight is 286 g/mol. The van der Waals surface area contributed by atoms with E-state index < -0.39 is 12.0 Å². The number of nitrogens with one attached hydrogen (secondary N) is 2. The van der Waals surface area contributed by atoms with Crippen LogP contribution in [0.2, 0.25) is 0 Å². The van der Waals surface area contributed by atoms with Crippen molar-refractivity contribution in [2.24, 2.45) is 0 Å². The standard InChI is InChI=1S/C14H14N4O3/c1-9(2-5-13(19)20)17-14(21)18-12-4-3-10(7-15)11(6-12)8-16/h3-4,6,9H,2,5H2,1H3,(H,19,20)(H2,17,18,21). The molecule has 0 heterocycles. The smallest absolute Gasteiger partial charge is 0.319 e. The first-order valence-corrected chi connectivity index (χ1v) is 6.19. The number of hydrogen-bond acceptors (Lipinski definition) is 4. The van der Waals surface area contributed by atoms with E-state index in [2.05, 4.69) is 10.6 Å². The number of rotatable bonds is 5. The molecule has 1 aromatic carbocycles. The van der Waals surface area contributed by atoms with Crippen LogP contribution < -0.4 is 10.6 Å². The third-order valence-corrected chi connectivity index (χ3v) is 2.69. The molecule has 1 aromatic rings. The summed E-state index contributed by atoms with van der Waals surface area (Å²) in [5.41, 5.74) is 0.793. The van der Waals surface area contributed by atoms with Gasteiger partial charge in [-0.15, -0.1) is 0 Å². The third kappa shape index (κ3) is 5.21. The van der Waals surface area contributed by atoms with E-state index in [0.717, 1.165) is 0 Å². The molecule has 108 valence electrons. The number of nitrogens with zero attached hydrogens (tertiary/aromatic N) is 2. The Morgan fingerprint density at radius 1 is 1.29 bits per heavy atom. The number of anilines is 1. The predicted molar refractivity (Wildman–Crippen MR) is 74.4 cm³/mol. The number of carbonyl (C=O) groups excluding carboxylic acids is 1. The first-order valence-electron chi connectivity index (χ1n) is 6.19. The minimum Gasteiger partial charge on any atom is -0.481 e. The first-order chi connectivity index (χ1) is 9.96. The van der Waals surface area contributed by atoms with Crippen LogP contribution in [0.15, 0.2) is 18.2 Å². The monoisotopic (exact) mass is 286 g/mol. The molecule has 1 atom stereocenters. The van der Waals surface area contributed by atoms with Gasteiger partial charge in [0.2, 0.25) is 0 Å². The van der Waals surface area contributed by atoms with Gasteiger partial charge in [0.1, 0.15) is 12.1 Å². The van der Waals surface area contributed by atoms with Crippen molar-refractivity contribution in [2.45, 2.75) is 25.8 Å². The highest BCUT2D eigenvalue weighted by Gasteiger charge is 2.10. The fourth-order valence-electron chi connectivity index (χ4n) is 1.62. The molecule has 7 nitrogen and oxygen atoms in total.